The Morgan fingerprint density at radius 3 is 2.26 bits per heavy atom. The summed E-state index contributed by atoms with van der Waals surface area (Å²) in [6.45, 7) is 10.1. The van der Waals surface area contributed by atoms with Gasteiger partial charge in [-0.25, -0.2) is 0 Å². The van der Waals surface area contributed by atoms with Crippen LogP contribution in [0.25, 0.3) is 0 Å². The van der Waals surface area contributed by atoms with E-state index in [0.29, 0.717) is 6.54 Å². The summed E-state index contributed by atoms with van der Waals surface area (Å²) >= 11 is 0. The van der Waals surface area contributed by atoms with Crippen LogP contribution in [0.1, 0.15) is 53.9 Å². The molecule has 0 fully saturated rings. The quantitative estimate of drug-likeness (QED) is 0.662. The van der Waals surface area contributed by atoms with E-state index in [9.17, 15) is 9.59 Å². The van der Waals surface area contributed by atoms with E-state index in [1.54, 1.807) is 11.8 Å². The van der Waals surface area contributed by atoms with Crippen LogP contribution >= 0.6 is 0 Å². The lowest BCUT2D eigenvalue weighted by molar-refractivity contribution is -0.142. The van der Waals surface area contributed by atoms with Gasteiger partial charge in [0.2, 0.25) is 5.91 Å². The lowest BCUT2D eigenvalue weighted by Crippen LogP contribution is -2.55. The number of unbranched alkanes of at least 4 members (excludes halogenated alkanes) is 2. The summed E-state index contributed by atoms with van der Waals surface area (Å²) in [4.78, 5) is 24.6. The Kier molecular flexibility index (Phi) is 7.68. The molecule has 0 spiro atoms. The molecule has 0 aliphatic rings. The van der Waals surface area contributed by atoms with Crippen LogP contribution in [0.5, 0.6) is 0 Å². The summed E-state index contributed by atoms with van der Waals surface area (Å²) in [5, 5.41) is 11.8. The topological polar surface area (TPSA) is 69.6 Å². The van der Waals surface area contributed by atoms with Crippen molar-refractivity contribution in [3.05, 3.63) is 0 Å². The SMILES string of the molecule is CCCCCNC(=O)C(C)N(CC(=O)O)C(C)(C)C. The monoisotopic (exact) mass is 272 g/mol. The van der Waals surface area contributed by atoms with Crippen LogP contribution in [-0.2, 0) is 9.59 Å². The number of rotatable bonds is 8. The zero-order valence-electron chi connectivity index (χ0n) is 12.8. The minimum absolute atomic E-state index is 0.104. The van der Waals surface area contributed by atoms with Gasteiger partial charge in [0.15, 0.2) is 0 Å². The van der Waals surface area contributed by atoms with Gasteiger partial charge in [0, 0.05) is 12.1 Å². The number of hydrogen-bond acceptors (Lipinski definition) is 3. The molecule has 19 heavy (non-hydrogen) atoms. The maximum absolute atomic E-state index is 12.0. The predicted octanol–water partition coefficient (Wildman–Crippen LogP) is 1.87. The molecule has 5 heteroatoms. The van der Waals surface area contributed by atoms with Crippen molar-refractivity contribution >= 4 is 11.9 Å². The molecule has 0 aliphatic heterocycles. The standard InChI is InChI=1S/C14H28N2O3/c1-6-7-8-9-15-13(19)11(2)16(10-12(17)18)14(3,4)5/h11H,6-10H2,1-5H3,(H,15,19)(H,17,18). The second-order valence-corrected chi connectivity index (χ2v) is 5.87. The summed E-state index contributed by atoms with van der Waals surface area (Å²) < 4.78 is 0. The molecule has 0 radical (unpaired) electrons. The van der Waals surface area contributed by atoms with Crippen molar-refractivity contribution in [2.24, 2.45) is 0 Å². The average Bonchev–Trinajstić information content (AvgIpc) is 2.29. The summed E-state index contributed by atoms with van der Waals surface area (Å²) in [7, 11) is 0. The van der Waals surface area contributed by atoms with Gasteiger partial charge < -0.3 is 10.4 Å². The normalized spacial score (nSPS) is 13.4. The second kappa shape index (κ2) is 8.15. The first-order valence-electron chi connectivity index (χ1n) is 6.96. The summed E-state index contributed by atoms with van der Waals surface area (Å²) in [6, 6.07) is -0.447. The molecule has 0 rings (SSSR count). The fourth-order valence-electron chi connectivity index (χ4n) is 1.98. The van der Waals surface area contributed by atoms with Crippen LogP contribution in [0.2, 0.25) is 0 Å². The Bertz CT molecular complexity index is 298. The van der Waals surface area contributed by atoms with E-state index < -0.39 is 12.0 Å². The van der Waals surface area contributed by atoms with Crippen LogP contribution in [0, 0.1) is 0 Å². The highest BCUT2D eigenvalue weighted by atomic mass is 16.4. The maximum atomic E-state index is 12.0. The van der Waals surface area contributed by atoms with E-state index in [-0.39, 0.29) is 18.0 Å². The van der Waals surface area contributed by atoms with E-state index in [2.05, 4.69) is 12.2 Å². The largest absolute Gasteiger partial charge is 0.480 e. The number of carbonyl (C=O) groups is 2. The first kappa shape index (κ1) is 17.9. The van der Waals surface area contributed by atoms with Crippen LogP contribution < -0.4 is 5.32 Å². The number of nitrogens with zero attached hydrogens (tertiary/aromatic N) is 1. The minimum Gasteiger partial charge on any atom is -0.480 e. The third-order valence-corrected chi connectivity index (χ3v) is 3.09. The van der Waals surface area contributed by atoms with E-state index in [0.717, 1.165) is 19.3 Å². The fourth-order valence-corrected chi connectivity index (χ4v) is 1.98. The molecular formula is C14H28N2O3. The highest BCUT2D eigenvalue weighted by Gasteiger charge is 2.31. The molecule has 112 valence electrons. The molecule has 0 saturated heterocycles. The van der Waals surface area contributed by atoms with Gasteiger partial charge in [-0.05, 0) is 34.1 Å². The Labute approximate surface area is 116 Å². The Morgan fingerprint density at radius 2 is 1.84 bits per heavy atom. The van der Waals surface area contributed by atoms with E-state index in [4.69, 9.17) is 5.11 Å². The van der Waals surface area contributed by atoms with Crippen LogP contribution in [0.15, 0.2) is 0 Å². The van der Waals surface area contributed by atoms with Crippen molar-refractivity contribution in [3.63, 3.8) is 0 Å². The lowest BCUT2D eigenvalue weighted by atomic mass is 10.0. The Hall–Kier alpha value is -1.10. The molecule has 0 bridgehead atoms. The predicted molar refractivity (Wildman–Crippen MR) is 76.1 cm³/mol. The molecule has 0 heterocycles. The highest BCUT2D eigenvalue weighted by molar-refractivity contribution is 5.82. The smallest absolute Gasteiger partial charge is 0.317 e. The zero-order valence-corrected chi connectivity index (χ0v) is 12.8. The molecule has 0 aromatic heterocycles. The first-order valence-corrected chi connectivity index (χ1v) is 6.96. The van der Waals surface area contributed by atoms with Gasteiger partial charge in [0.25, 0.3) is 0 Å². The third-order valence-electron chi connectivity index (χ3n) is 3.09. The average molecular weight is 272 g/mol. The van der Waals surface area contributed by atoms with E-state index in [1.807, 2.05) is 20.8 Å². The third kappa shape index (κ3) is 7.15. The van der Waals surface area contributed by atoms with Gasteiger partial charge in [-0.3, -0.25) is 14.5 Å². The Balaban J connectivity index is 4.49. The molecule has 1 amide bonds. The van der Waals surface area contributed by atoms with Gasteiger partial charge in [-0.2, -0.15) is 0 Å². The van der Waals surface area contributed by atoms with Gasteiger partial charge in [0.1, 0.15) is 0 Å². The molecule has 0 aromatic carbocycles. The number of carboxylic acid groups (broad SMARTS) is 1. The minimum atomic E-state index is -0.916. The van der Waals surface area contributed by atoms with Gasteiger partial charge in [-0.1, -0.05) is 19.8 Å². The highest BCUT2D eigenvalue weighted by Crippen LogP contribution is 2.16. The molecule has 1 unspecified atom stereocenters. The number of hydrogen-bond donors (Lipinski definition) is 2. The van der Waals surface area contributed by atoms with Gasteiger partial charge in [-0.15, -0.1) is 0 Å². The summed E-state index contributed by atoms with van der Waals surface area (Å²) in [5.74, 6) is -1.02. The molecule has 1 atom stereocenters. The van der Waals surface area contributed by atoms with Crippen molar-refractivity contribution in [2.75, 3.05) is 13.1 Å². The Morgan fingerprint density at radius 1 is 1.26 bits per heavy atom. The summed E-state index contributed by atoms with van der Waals surface area (Å²) in [6.07, 6.45) is 3.16. The van der Waals surface area contributed by atoms with Gasteiger partial charge in [0.05, 0.1) is 12.6 Å². The number of amides is 1. The van der Waals surface area contributed by atoms with Crippen LogP contribution in [0.3, 0.4) is 0 Å². The zero-order chi connectivity index (χ0) is 15.1. The van der Waals surface area contributed by atoms with Crippen molar-refractivity contribution in [1.82, 2.24) is 10.2 Å². The number of carboxylic acids is 1. The first-order chi connectivity index (χ1) is 8.70. The fraction of sp³-hybridized carbons (Fsp3) is 0.857. The van der Waals surface area contributed by atoms with Crippen molar-refractivity contribution in [1.29, 1.82) is 0 Å². The second-order valence-electron chi connectivity index (χ2n) is 5.87. The molecule has 0 saturated carbocycles. The van der Waals surface area contributed by atoms with Crippen molar-refractivity contribution in [2.45, 2.75) is 65.5 Å². The van der Waals surface area contributed by atoms with E-state index >= 15 is 0 Å². The summed E-state index contributed by atoms with van der Waals surface area (Å²) in [5.41, 5.74) is -0.363. The molecular weight excluding hydrogens is 244 g/mol. The molecule has 5 nitrogen and oxygen atoms in total. The van der Waals surface area contributed by atoms with Crippen LogP contribution in [-0.4, -0.2) is 46.6 Å². The maximum Gasteiger partial charge on any atom is 0.317 e. The van der Waals surface area contributed by atoms with Crippen molar-refractivity contribution in [3.8, 4) is 0 Å². The van der Waals surface area contributed by atoms with Crippen LogP contribution in [0.4, 0.5) is 0 Å². The van der Waals surface area contributed by atoms with E-state index in [1.165, 1.54) is 0 Å². The number of nitrogens with one attached hydrogen (secondary N) is 1. The lowest BCUT2D eigenvalue weighted by Gasteiger charge is -2.38. The molecule has 2 N–H and O–H groups in total. The number of aliphatic carboxylic acids is 1. The molecule has 0 aliphatic carbocycles. The molecule has 0 aromatic rings. The van der Waals surface area contributed by atoms with Crippen molar-refractivity contribution < 1.29 is 14.7 Å². The van der Waals surface area contributed by atoms with Gasteiger partial charge >= 0.3 is 5.97 Å². The number of carbonyl (C=O) groups excluding carboxylic acids is 1.